The third kappa shape index (κ3) is 5.44. The Labute approximate surface area is 157 Å². The second-order valence-corrected chi connectivity index (χ2v) is 5.88. The lowest BCUT2D eigenvalue weighted by Crippen LogP contribution is -2.48. The van der Waals surface area contributed by atoms with E-state index in [-0.39, 0.29) is 30.8 Å². The number of carbonyl (C=O) groups excluding carboxylic acids is 2. The van der Waals surface area contributed by atoms with E-state index in [0.29, 0.717) is 17.1 Å². The summed E-state index contributed by atoms with van der Waals surface area (Å²) in [7, 11) is 3.02. The molecule has 0 aliphatic rings. The summed E-state index contributed by atoms with van der Waals surface area (Å²) in [5.41, 5.74) is 0.706. The number of carbonyl (C=O) groups is 2. The number of para-hydroxylation sites is 2. The summed E-state index contributed by atoms with van der Waals surface area (Å²) in [5, 5.41) is 2.53. The van der Waals surface area contributed by atoms with E-state index in [4.69, 9.17) is 9.47 Å². The first-order chi connectivity index (χ1) is 13.0. The van der Waals surface area contributed by atoms with Gasteiger partial charge in [0.05, 0.1) is 7.11 Å². The number of methoxy groups -OCH3 is 1. The average Bonchev–Trinajstić information content (AvgIpc) is 2.70. The Balaban J connectivity index is 2.14. The van der Waals surface area contributed by atoms with Crippen molar-refractivity contribution in [1.29, 1.82) is 0 Å². The van der Waals surface area contributed by atoms with Gasteiger partial charge in [0.2, 0.25) is 5.91 Å². The minimum absolute atomic E-state index is 0.156. The second kappa shape index (κ2) is 9.56. The van der Waals surface area contributed by atoms with Crippen molar-refractivity contribution in [2.24, 2.45) is 0 Å². The Hall–Kier alpha value is -3.09. The van der Waals surface area contributed by atoms with E-state index in [1.54, 1.807) is 43.3 Å². The van der Waals surface area contributed by atoms with Gasteiger partial charge in [-0.3, -0.25) is 9.59 Å². The van der Waals surface area contributed by atoms with Crippen LogP contribution in [0, 0.1) is 5.82 Å². The topological polar surface area (TPSA) is 67.9 Å². The van der Waals surface area contributed by atoms with Crippen LogP contribution >= 0.6 is 0 Å². The molecule has 2 aromatic carbocycles. The van der Waals surface area contributed by atoms with Crippen molar-refractivity contribution in [2.75, 3.05) is 20.8 Å². The van der Waals surface area contributed by atoms with Gasteiger partial charge in [-0.25, -0.2) is 4.39 Å². The number of halogens is 1. The Morgan fingerprint density at radius 3 is 2.33 bits per heavy atom. The summed E-state index contributed by atoms with van der Waals surface area (Å²) >= 11 is 0. The average molecular weight is 374 g/mol. The van der Waals surface area contributed by atoms with Gasteiger partial charge in [0.25, 0.3) is 5.91 Å². The maximum Gasteiger partial charge on any atom is 0.261 e. The number of nitrogens with one attached hydrogen (secondary N) is 1. The molecule has 1 N–H and O–H groups in total. The molecule has 0 saturated heterocycles. The molecule has 2 rings (SSSR count). The monoisotopic (exact) mass is 374 g/mol. The predicted molar refractivity (Wildman–Crippen MR) is 99.0 cm³/mol. The lowest BCUT2D eigenvalue weighted by atomic mass is 10.1. The number of ether oxygens (including phenoxy) is 2. The van der Waals surface area contributed by atoms with Crippen molar-refractivity contribution in [1.82, 2.24) is 10.2 Å². The maximum absolute atomic E-state index is 13.1. The molecule has 144 valence electrons. The van der Waals surface area contributed by atoms with Crippen LogP contribution in [-0.2, 0) is 16.1 Å². The van der Waals surface area contributed by atoms with Gasteiger partial charge < -0.3 is 19.7 Å². The number of hydrogen-bond donors (Lipinski definition) is 1. The molecule has 1 atom stereocenters. The van der Waals surface area contributed by atoms with Crippen molar-refractivity contribution in [3.8, 4) is 11.5 Å². The molecule has 0 aliphatic carbocycles. The predicted octanol–water partition coefficient (Wildman–Crippen LogP) is 2.38. The van der Waals surface area contributed by atoms with E-state index in [1.807, 2.05) is 0 Å². The highest BCUT2D eigenvalue weighted by Crippen LogP contribution is 2.25. The summed E-state index contributed by atoms with van der Waals surface area (Å²) in [5.74, 6) is -0.100. The van der Waals surface area contributed by atoms with E-state index in [2.05, 4.69) is 5.32 Å². The first kappa shape index (κ1) is 20.2. The van der Waals surface area contributed by atoms with Gasteiger partial charge in [-0.05, 0) is 36.8 Å². The van der Waals surface area contributed by atoms with Crippen LogP contribution in [-0.4, -0.2) is 43.5 Å². The number of hydrogen-bond acceptors (Lipinski definition) is 4. The van der Waals surface area contributed by atoms with Crippen LogP contribution < -0.4 is 14.8 Å². The molecule has 0 bridgehead atoms. The van der Waals surface area contributed by atoms with Gasteiger partial charge in [-0.1, -0.05) is 24.3 Å². The minimum atomic E-state index is -0.714. The number of rotatable bonds is 8. The van der Waals surface area contributed by atoms with Crippen molar-refractivity contribution in [3.63, 3.8) is 0 Å². The fourth-order valence-corrected chi connectivity index (χ4v) is 2.54. The molecular formula is C20H23FN2O4. The number of amides is 2. The van der Waals surface area contributed by atoms with Crippen LogP contribution in [0.1, 0.15) is 12.5 Å². The Bertz CT molecular complexity index is 780. The molecule has 0 aromatic heterocycles. The summed E-state index contributed by atoms with van der Waals surface area (Å²) < 4.78 is 23.9. The van der Waals surface area contributed by atoms with Gasteiger partial charge in [-0.15, -0.1) is 0 Å². The van der Waals surface area contributed by atoms with Crippen molar-refractivity contribution >= 4 is 11.8 Å². The highest BCUT2D eigenvalue weighted by atomic mass is 19.1. The zero-order valence-electron chi connectivity index (χ0n) is 15.6. The normalized spacial score (nSPS) is 11.4. The van der Waals surface area contributed by atoms with Crippen LogP contribution in [0.25, 0.3) is 0 Å². The molecule has 2 amide bonds. The van der Waals surface area contributed by atoms with Crippen molar-refractivity contribution < 1.29 is 23.5 Å². The van der Waals surface area contributed by atoms with Gasteiger partial charge >= 0.3 is 0 Å². The largest absolute Gasteiger partial charge is 0.493 e. The van der Waals surface area contributed by atoms with Crippen LogP contribution in [0.4, 0.5) is 4.39 Å². The third-order valence-electron chi connectivity index (χ3n) is 4.10. The van der Waals surface area contributed by atoms with Crippen LogP contribution in [0.5, 0.6) is 11.5 Å². The van der Waals surface area contributed by atoms with Gasteiger partial charge in [0.1, 0.15) is 11.9 Å². The molecule has 7 heteroatoms. The zero-order chi connectivity index (χ0) is 19.8. The molecule has 6 nitrogen and oxygen atoms in total. The van der Waals surface area contributed by atoms with Crippen molar-refractivity contribution in [3.05, 3.63) is 59.9 Å². The highest BCUT2D eigenvalue weighted by molar-refractivity contribution is 5.87. The molecule has 0 fully saturated rings. The third-order valence-corrected chi connectivity index (χ3v) is 4.10. The minimum Gasteiger partial charge on any atom is -0.493 e. The highest BCUT2D eigenvalue weighted by Gasteiger charge is 2.26. The van der Waals surface area contributed by atoms with Crippen LogP contribution in [0.3, 0.4) is 0 Å². The van der Waals surface area contributed by atoms with Gasteiger partial charge in [-0.2, -0.15) is 0 Å². The van der Waals surface area contributed by atoms with E-state index >= 15 is 0 Å². The summed E-state index contributed by atoms with van der Waals surface area (Å²) in [6, 6.07) is 12.0. The molecule has 0 aliphatic heterocycles. The smallest absolute Gasteiger partial charge is 0.261 e. The second-order valence-electron chi connectivity index (χ2n) is 5.88. The fourth-order valence-electron chi connectivity index (χ4n) is 2.54. The number of benzene rings is 2. The molecule has 0 saturated carbocycles. The first-order valence-electron chi connectivity index (χ1n) is 8.47. The van der Waals surface area contributed by atoms with E-state index in [9.17, 15) is 14.0 Å². The number of nitrogens with zero attached hydrogens (tertiary/aromatic N) is 1. The molecule has 0 radical (unpaired) electrons. The van der Waals surface area contributed by atoms with Gasteiger partial charge in [0.15, 0.2) is 18.1 Å². The first-order valence-corrected chi connectivity index (χ1v) is 8.47. The fraction of sp³-hybridized carbons (Fsp3) is 0.300. The lowest BCUT2D eigenvalue weighted by molar-refractivity contribution is -0.142. The summed E-state index contributed by atoms with van der Waals surface area (Å²) in [6.07, 6.45) is 0. The maximum atomic E-state index is 13.1. The summed E-state index contributed by atoms with van der Waals surface area (Å²) in [4.78, 5) is 26.2. The van der Waals surface area contributed by atoms with Crippen LogP contribution in [0.15, 0.2) is 48.5 Å². The van der Waals surface area contributed by atoms with Gasteiger partial charge in [0, 0.05) is 13.6 Å². The Morgan fingerprint density at radius 1 is 1.11 bits per heavy atom. The molecule has 2 aromatic rings. The summed E-state index contributed by atoms with van der Waals surface area (Å²) in [6.45, 7) is 1.52. The SMILES string of the molecule is CNC(=O)[C@@H](C)N(Cc1ccc(F)cc1)C(=O)COc1ccccc1OC. The molecular weight excluding hydrogens is 351 g/mol. The van der Waals surface area contributed by atoms with Crippen molar-refractivity contribution in [2.45, 2.75) is 19.5 Å². The molecule has 27 heavy (non-hydrogen) atoms. The molecule has 0 spiro atoms. The molecule has 0 heterocycles. The standard InChI is InChI=1S/C20H23FN2O4/c1-14(20(25)22-2)23(12-15-8-10-16(21)11-9-15)19(24)13-27-18-7-5-4-6-17(18)26-3/h4-11,14H,12-13H2,1-3H3,(H,22,25)/t14-/m1/s1. The Morgan fingerprint density at radius 2 is 1.74 bits per heavy atom. The van der Waals surface area contributed by atoms with E-state index in [1.165, 1.54) is 31.2 Å². The lowest BCUT2D eigenvalue weighted by Gasteiger charge is -2.28. The quantitative estimate of drug-likeness (QED) is 0.770. The Kier molecular flexibility index (Phi) is 7.16. The zero-order valence-corrected chi connectivity index (χ0v) is 15.6. The van der Waals surface area contributed by atoms with Crippen LogP contribution in [0.2, 0.25) is 0 Å². The number of likely N-dealkylation sites (N-methyl/N-ethyl adjacent to an activating group) is 1. The van der Waals surface area contributed by atoms with E-state index < -0.39 is 6.04 Å². The molecule has 0 unspecified atom stereocenters. The van der Waals surface area contributed by atoms with E-state index in [0.717, 1.165) is 0 Å².